The molecule has 3 aliphatic heterocycles. The van der Waals surface area contributed by atoms with E-state index in [1.54, 1.807) is 13.2 Å². The first-order valence-corrected chi connectivity index (χ1v) is 19.6. The average Bonchev–Trinajstić information content (AvgIpc) is 3.51. The molecule has 1 unspecified atom stereocenters. The van der Waals surface area contributed by atoms with Crippen molar-refractivity contribution in [2.45, 2.75) is 69.9 Å². The molecule has 3 aliphatic rings. The molecule has 3 amide bonds. The number of likely N-dealkylation sites (tertiary alicyclic amines) is 2. The van der Waals surface area contributed by atoms with Gasteiger partial charge in [-0.25, -0.2) is 9.48 Å². The fourth-order valence-electron chi connectivity index (χ4n) is 8.82. The molecule has 4 aromatic rings. The minimum Gasteiger partial charge on any atom is -0.408 e. The molecule has 55 heavy (non-hydrogen) atoms. The zero-order valence-corrected chi connectivity index (χ0v) is 32.4. The number of benzene rings is 2. The van der Waals surface area contributed by atoms with E-state index in [4.69, 9.17) is 16.0 Å². The molecule has 14 nitrogen and oxygen atoms in total. The third kappa shape index (κ3) is 7.93. The second-order valence-electron chi connectivity index (χ2n) is 15.5. The van der Waals surface area contributed by atoms with Crippen molar-refractivity contribution in [3.8, 4) is 0 Å². The van der Waals surface area contributed by atoms with Crippen LogP contribution in [0, 0.1) is 5.41 Å². The molecule has 3 fully saturated rings. The van der Waals surface area contributed by atoms with Crippen LogP contribution in [0.15, 0.2) is 62.7 Å². The van der Waals surface area contributed by atoms with Crippen molar-refractivity contribution in [3.63, 3.8) is 0 Å². The molecule has 3 saturated heterocycles. The number of hydrogen-bond acceptors (Lipinski definition) is 10. The van der Waals surface area contributed by atoms with Gasteiger partial charge in [0.2, 0.25) is 12.3 Å². The minimum atomic E-state index is -0.832. The van der Waals surface area contributed by atoms with Crippen LogP contribution in [-0.2, 0) is 16.6 Å². The van der Waals surface area contributed by atoms with E-state index in [9.17, 15) is 24.0 Å². The zero-order valence-electron chi connectivity index (χ0n) is 31.6. The largest absolute Gasteiger partial charge is 0.420 e. The Balaban J connectivity index is 0.932. The minimum absolute atomic E-state index is 0.0680. The number of fused-ring (bicyclic) bond motifs is 1. The Hall–Kier alpha value is -4.95. The van der Waals surface area contributed by atoms with Crippen LogP contribution in [0.2, 0.25) is 5.02 Å². The standard InChI is InChI=1S/C40H49ClN8O6/c1-4-5-33(36(51)42-25-50)49-32-11-10-30(21-34(32)55-39(49)54)47-16-12-40(13-17-47)14-18-48(19-15-40)37(52)27-8-6-26(7-9-27)28-20-29(24-45(2)23-28)44-31-22-43-46(3)38(53)35(31)41/h6-11,21-22,25,28-29,33,44H,4-5,12-20,23-24H2,1-3H3,(H,42,50,51)/t28-,29+,33?/m0/s1. The van der Waals surface area contributed by atoms with Gasteiger partial charge in [-0.05, 0) is 86.7 Å². The number of halogens is 1. The van der Waals surface area contributed by atoms with Crippen molar-refractivity contribution in [2.75, 3.05) is 56.5 Å². The molecule has 3 atom stereocenters. The van der Waals surface area contributed by atoms with E-state index in [-0.39, 0.29) is 33.9 Å². The summed E-state index contributed by atoms with van der Waals surface area (Å²) in [5.74, 6) is -0.836. The predicted molar refractivity (Wildman–Crippen MR) is 211 cm³/mol. The lowest BCUT2D eigenvalue weighted by atomic mass is 9.71. The molecule has 2 aromatic carbocycles. The lowest BCUT2D eigenvalue weighted by molar-refractivity contribution is -0.128. The summed E-state index contributed by atoms with van der Waals surface area (Å²) < 4.78 is 8.16. The molecule has 5 heterocycles. The number of nitrogens with one attached hydrogen (secondary N) is 2. The Kier molecular flexibility index (Phi) is 11.2. The van der Waals surface area contributed by atoms with Crippen molar-refractivity contribution >= 4 is 52.3 Å². The Morgan fingerprint density at radius 1 is 1.02 bits per heavy atom. The fourth-order valence-corrected chi connectivity index (χ4v) is 9.05. The molecule has 2 N–H and O–H groups in total. The van der Waals surface area contributed by atoms with Gasteiger partial charge in [0, 0.05) is 69.7 Å². The summed E-state index contributed by atoms with van der Waals surface area (Å²) in [5.41, 5.74) is 4.17. The predicted octanol–water partition coefficient (Wildman–Crippen LogP) is 4.38. The summed E-state index contributed by atoms with van der Waals surface area (Å²) in [5, 5.41) is 9.86. The maximum Gasteiger partial charge on any atom is 0.420 e. The van der Waals surface area contributed by atoms with Crippen LogP contribution in [0.1, 0.15) is 79.8 Å². The monoisotopic (exact) mass is 772 g/mol. The van der Waals surface area contributed by atoms with Gasteiger partial charge in [0.05, 0.1) is 17.4 Å². The Morgan fingerprint density at radius 2 is 1.73 bits per heavy atom. The van der Waals surface area contributed by atoms with Gasteiger partial charge in [-0.2, -0.15) is 5.10 Å². The number of hydrogen-bond donors (Lipinski definition) is 2. The Bertz CT molecular complexity index is 2160. The summed E-state index contributed by atoms with van der Waals surface area (Å²) in [4.78, 5) is 68.9. The van der Waals surface area contributed by atoms with Gasteiger partial charge in [-0.1, -0.05) is 37.1 Å². The smallest absolute Gasteiger partial charge is 0.408 e. The van der Waals surface area contributed by atoms with E-state index in [0.29, 0.717) is 41.6 Å². The van der Waals surface area contributed by atoms with Gasteiger partial charge < -0.3 is 24.4 Å². The van der Waals surface area contributed by atoms with Crippen molar-refractivity contribution in [2.24, 2.45) is 12.5 Å². The van der Waals surface area contributed by atoms with Gasteiger partial charge in [-0.15, -0.1) is 0 Å². The van der Waals surface area contributed by atoms with Crippen LogP contribution in [0.25, 0.3) is 11.1 Å². The van der Waals surface area contributed by atoms with Crippen molar-refractivity contribution in [3.05, 3.63) is 85.7 Å². The molecule has 2 aromatic heterocycles. The fraction of sp³-hybridized carbons (Fsp3) is 0.500. The zero-order chi connectivity index (χ0) is 38.9. The maximum absolute atomic E-state index is 13.7. The van der Waals surface area contributed by atoms with Crippen LogP contribution in [-0.4, -0.2) is 94.7 Å². The summed E-state index contributed by atoms with van der Waals surface area (Å²) in [6, 6.07) is 13.0. The highest BCUT2D eigenvalue weighted by molar-refractivity contribution is 6.32. The van der Waals surface area contributed by atoms with Crippen molar-refractivity contribution in [1.29, 1.82) is 0 Å². The molecule has 0 bridgehead atoms. The topological polar surface area (TPSA) is 155 Å². The summed E-state index contributed by atoms with van der Waals surface area (Å²) in [7, 11) is 3.66. The summed E-state index contributed by atoms with van der Waals surface area (Å²) >= 11 is 6.32. The Labute approximate surface area is 324 Å². The number of likely N-dealkylation sites (N-methyl/N-ethyl adjacent to an activating group) is 1. The average molecular weight is 773 g/mol. The number of piperidine rings is 3. The number of anilines is 2. The number of aromatic nitrogens is 3. The van der Waals surface area contributed by atoms with Gasteiger partial charge >= 0.3 is 5.76 Å². The van der Waals surface area contributed by atoms with E-state index in [0.717, 1.165) is 77.1 Å². The quantitative estimate of drug-likeness (QED) is 0.222. The number of nitrogens with zero attached hydrogens (tertiary/aromatic N) is 6. The van der Waals surface area contributed by atoms with E-state index in [1.165, 1.54) is 14.8 Å². The van der Waals surface area contributed by atoms with E-state index >= 15 is 0 Å². The Morgan fingerprint density at radius 3 is 2.42 bits per heavy atom. The first-order valence-electron chi connectivity index (χ1n) is 19.2. The number of rotatable bonds is 10. The molecule has 0 aliphatic carbocycles. The van der Waals surface area contributed by atoms with E-state index in [1.807, 2.05) is 42.2 Å². The molecular weight excluding hydrogens is 724 g/mol. The van der Waals surface area contributed by atoms with Crippen LogP contribution in [0.3, 0.4) is 0 Å². The van der Waals surface area contributed by atoms with Crippen LogP contribution in [0.5, 0.6) is 0 Å². The van der Waals surface area contributed by atoms with Crippen LogP contribution < -0.4 is 26.8 Å². The molecule has 7 rings (SSSR count). The molecule has 292 valence electrons. The third-order valence-corrected chi connectivity index (χ3v) is 12.3. The highest BCUT2D eigenvalue weighted by Crippen LogP contribution is 2.43. The van der Waals surface area contributed by atoms with Crippen LogP contribution in [0.4, 0.5) is 11.4 Å². The van der Waals surface area contributed by atoms with Gasteiger partial charge in [0.15, 0.2) is 5.58 Å². The van der Waals surface area contributed by atoms with Crippen LogP contribution >= 0.6 is 11.6 Å². The van der Waals surface area contributed by atoms with Crippen molar-refractivity contribution < 1.29 is 18.8 Å². The number of aryl methyl sites for hydroxylation is 1. The number of imide groups is 1. The summed E-state index contributed by atoms with van der Waals surface area (Å²) in [6.07, 6.45) is 7.76. The number of oxazole rings is 1. The molecule has 15 heteroatoms. The third-order valence-electron chi connectivity index (χ3n) is 12.0. The normalized spacial score (nSPS) is 20.7. The first kappa shape index (κ1) is 38.3. The SMILES string of the molecule is CCCC(C(=O)NC=O)n1c(=O)oc2cc(N3CCC4(CCN(C(=O)c5ccc([C@H]6C[C@@H](Nc7cnn(C)c(=O)c7Cl)CN(C)C6)cc5)CC4)CC3)ccc21. The number of carbonyl (C=O) groups is 3. The number of amides is 3. The lowest BCUT2D eigenvalue weighted by Gasteiger charge is -2.47. The second kappa shape index (κ2) is 16.0. The molecule has 1 spiro atoms. The highest BCUT2D eigenvalue weighted by Gasteiger charge is 2.39. The van der Waals surface area contributed by atoms with Crippen molar-refractivity contribution in [1.82, 2.24) is 29.5 Å². The first-order chi connectivity index (χ1) is 26.5. The molecule has 0 saturated carbocycles. The number of carbonyl (C=O) groups excluding carboxylic acids is 3. The van der Waals surface area contributed by atoms with Gasteiger partial charge in [0.25, 0.3) is 11.5 Å². The summed E-state index contributed by atoms with van der Waals surface area (Å²) in [6.45, 7) is 6.77. The maximum atomic E-state index is 13.7. The lowest BCUT2D eigenvalue weighted by Crippen LogP contribution is -2.48. The van der Waals surface area contributed by atoms with Gasteiger partial charge in [-0.3, -0.25) is 29.1 Å². The molecule has 0 radical (unpaired) electrons. The van der Waals surface area contributed by atoms with E-state index in [2.05, 4.69) is 44.7 Å². The molecular formula is C40H49ClN8O6. The van der Waals surface area contributed by atoms with E-state index < -0.39 is 17.7 Å². The highest BCUT2D eigenvalue weighted by atomic mass is 35.5. The second-order valence-corrected chi connectivity index (χ2v) is 15.9. The van der Waals surface area contributed by atoms with Gasteiger partial charge in [0.1, 0.15) is 11.1 Å².